The average molecular weight is 1370 g/mol. The lowest BCUT2D eigenvalue weighted by atomic mass is 10.2. The number of rotatable bonds is 35. The topological polar surface area (TPSA) is 345 Å². The van der Waals surface area contributed by atoms with Crippen LogP contribution in [-0.2, 0) is 118 Å². The van der Waals surface area contributed by atoms with Crippen LogP contribution in [-0.4, -0.2) is 190 Å². The highest BCUT2D eigenvalue weighted by Gasteiger charge is 2.40. The maximum Gasteiger partial charge on any atom is 0.371 e. The van der Waals surface area contributed by atoms with Crippen molar-refractivity contribution < 1.29 is 123 Å². The molecule has 0 spiro atoms. The Bertz CT molecular complexity index is 2230. The molecule has 0 saturated heterocycles. The number of carbonyl (C=O) groups is 12. The van der Waals surface area contributed by atoms with E-state index in [1.165, 1.54) is 0 Å². The molecule has 0 rings (SSSR count). The van der Waals surface area contributed by atoms with Crippen LogP contribution in [0.4, 0.5) is 0 Å². The lowest BCUT2D eigenvalue weighted by Crippen LogP contribution is -2.42. The molecule has 91 heavy (non-hydrogen) atoms. The van der Waals surface area contributed by atoms with Crippen LogP contribution in [0.2, 0.25) is 75.5 Å². The van der Waals surface area contributed by atoms with E-state index in [1.54, 1.807) is 7.11 Å². The molecule has 0 fully saturated rings. The van der Waals surface area contributed by atoms with Gasteiger partial charge in [-0.15, -0.1) is 0 Å². The van der Waals surface area contributed by atoms with Crippen molar-refractivity contribution in [1.29, 1.82) is 0 Å². The molecule has 0 atom stereocenters. The van der Waals surface area contributed by atoms with Gasteiger partial charge in [-0.05, 0) is 88.4 Å². The van der Waals surface area contributed by atoms with E-state index in [2.05, 4.69) is 149 Å². The molecule has 522 valence electrons. The molecule has 0 bridgehead atoms. The van der Waals surface area contributed by atoms with Crippen LogP contribution in [0.15, 0.2) is 88.6 Å². The summed E-state index contributed by atoms with van der Waals surface area (Å²) in [5.74, 6) is -5.82. The van der Waals surface area contributed by atoms with E-state index in [0.29, 0.717) is 52.5 Å². The first-order chi connectivity index (χ1) is 41.8. The summed E-state index contributed by atoms with van der Waals surface area (Å²) in [5.41, 5.74) is 0. The third-order valence-electron chi connectivity index (χ3n) is 10.5. The normalized spacial score (nSPS) is 10.4. The first-order valence-electron chi connectivity index (χ1n) is 28.4. The summed E-state index contributed by atoms with van der Waals surface area (Å²) in [7, 11) is -5.50. The number of methoxy groups -OCH3 is 1. The number of carbonyl (C=O) groups excluding carboxylic acids is 11. The number of unbranched alkanes of at least 4 members (excludes halogenated alkanes) is 1. The molecule has 0 amide bonds. The highest BCUT2D eigenvalue weighted by molar-refractivity contribution is 6.75. The zero-order valence-electron chi connectivity index (χ0n) is 57.0. The fourth-order valence-corrected chi connectivity index (χ4v) is 7.44. The molecular formula is C61H106O26Si4. The summed E-state index contributed by atoms with van der Waals surface area (Å²) >= 11 is 0. The summed E-state index contributed by atoms with van der Waals surface area (Å²) < 4.78 is 63.5. The molecular weight excluding hydrogens is 1260 g/mol. The van der Waals surface area contributed by atoms with E-state index in [1.807, 2.05) is 32.7 Å². The number of esters is 8. The SMILES string of the molecule is C=CC(=O)OCCC(=O)O.C=CC(=O)OCCC(=O)O[Si](C)(C)C.C=CC(=O)OCCC(=O)O[Si](C)(C)C(C)(C)C.C=CC(=O)OCCCCOC(=O)C=O.C=CC(=O)OCCOC.C=CC(=O)OCCO[Si](C)(C)C.C=CC(=O)OCCO[Si](C)(C)C(C)(C)C. The van der Waals surface area contributed by atoms with Crippen LogP contribution >= 0.6 is 0 Å². The Balaban J connectivity index is -0.000000182. The molecule has 26 nitrogen and oxygen atoms in total. The van der Waals surface area contributed by atoms with Gasteiger partial charge < -0.3 is 65.4 Å². The van der Waals surface area contributed by atoms with E-state index in [-0.39, 0.29) is 80.6 Å². The highest BCUT2D eigenvalue weighted by atomic mass is 28.4. The summed E-state index contributed by atoms with van der Waals surface area (Å²) in [5, 5.41) is 8.26. The second-order valence-electron chi connectivity index (χ2n) is 22.6. The Morgan fingerprint density at radius 3 is 0.901 bits per heavy atom. The van der Waals surface area contributed by atoms with Gasteiger partial charge in [0.2, 0.25) is 14.6 Å². The van der Waals surface area contributed by atoms with Crippen LogP contribution in [0.5, 0.6) is 0 Å². The Kier molecular flexibility index (Phi) is 60.7. The molecule has 0 aliphatic heterocycles. The van der Waals surface area contributed by atoms with Crippen LogP contribution in [0.3, 0.4) is 0 Å². The Morgan fingerprint density at radius 2 is 0.626 bits per heavy atom. The second-order valence-corrected chi connectivity index (χ2v) is 41.1. The van der Waals surface area contributed by atoms with Crippen molar-refractivity contribution in [3.8, 4) is 0 Å². The standard InChI is InChI=1S/C12H22O4Si.C11H22O3Si.C9H12O5.C9H16O4Si.C8H16O3Si.C6H8O4.C6H10O3/c1-7-10(13)15-9-8-11(14)16-17(5,6)12(2,3)4;1-7-10(12)13-8-9-14-15(5,6)11(2,3)4;1-2-8(11)13-5-3-4-6-14-9(12)7-10;1-5-8(10)12-7-6-9(11)13-14(2,3)4;1-5-8(9)10-6-7-11-12(2,3)4;1-2-6(9)10-4-3-5(7)8;1-3-6(7)9-5-4-8-2/h7H,1,8-9H2,2-6H3;7H,1,8-9H2,2-6H3;2,7H,1,3-6H2;5H,1,6-7H2,2-4H3;5H,1,6-7H2,2-4H3;2H,1,3-4H2,(H,7,8);3H,1,4-5H2,2H3. The largest absolute Gasteiger partial charge is 0.520 e. The Labute approximate surface area is 543 Å². The van der Waals surface area contributed by atoms with Crippen molar-refractivity contribution in [3.63, 3.8) is 0 Å². The molecule has 0 aromatic carbocycles. The van der Waals surface area contributed by atoms with Crippen LogP contribution < -0.4 is 0 Å². The summed E-state index contributed by atoms with van der Waals surface area (Å²) in [6.07, 6.45) is 8.87. The minimum absolute atomic E-state index is 0.0134. The van der Waals surface area contributed by atoms with Gasteiger partial charge in [0, 0.05) is 49.6 Å². The zero-order chi connectivity index (χ0) is 72.5. The molecule has 0 aromatic heterocycles. The molecule has 30 heteroatoms. The van der Waals surface area contributed by atoms with E-state index < -0.39 is 87.0 Å². The molecule has 0 aliphatic carbocycles. The third kappa shape index (κ3) is 75.1. The van der Waals surface area contributed by atoms with Gasteiger partial charge >= 0.3 is 53.7 Å². The maximum atomic E-state index is 11.6. The summed E-state index contributed by atoms with van der Waals surface area (Å²) in [4.78, 5) is 126. The smallest absolute Gasteiger partial charge is 0.371 e. The van der Waals surface area contributed by atoms with Crippen molar-refractivity contribution in [2.45, 2.75) is 149 Å². The van der Waals surface area contributed by atoms with Crippen LogP contribution in [0.25, 0.3) is 0 Å². The third-order valence-corrected chi connectivity index (χ3v) is 21.3. The monoisotopic (exact) mass is 1370 g/mol. The van der Waals surface area contributed by atoms with E-state index in [0.717, 1.165) is 42.5 Å². The minimum Gasteiger partial charge on any atom is -0.520 e. The van der Waals surface area contributed by atoms with Crippen LogP contribution in [0.1, 0.15) is 73.6 Å². The quantitative estimate of drug-likeness (QED) is 0.0117. The molecule has 0 heterocycles. The summed E-state index contributed by atoms with van der Waals surface area (Å²) in [6.45, 7) is 58.4. The van der Waals surface area contributed by atoms with E-state index >= 15 is 0 Å². The molecule has 0 aliphatic rings. The van der Waals surface area contributed by atoms with Crippen molar-refractivity contribution in [2.75, 3.05) is 79.8 Å². The fourth-order valence-electron chi connectivity index (χ4n) is 3.96. The first-order valence-corrected chi connectivity index (χ1v) is 41.0. The van der Waals surface area contributed by atoms with Gasteiger partial charge in [0.15, 0.2) is 16.6 Å². The number of aldehydes is 1. The van der Waals surface area contributed by atoms with E-state index in [9.17, 15) is 57.5 Å². The number of carboxylic acids is 1. The Morgan fingerprint density at radius 1 is 0.352 bits per heavy atom. The van der Waals surface area contributed by atoms with Gasteiger partial charge in [-0.2, -0.15) is 0 Å². The van der Waals surface area contributed by atoms with E-state index in [4.69, 9.17) is 37.0 Å². The second kappa shape index (κ2) is 56.7. The van der Waals surface area contributed by atoms with Gasteiger partial charge in [0.1, 0.15) is 39.6 Å². The van der Waals surface area contributed by atoms with Gasteiger partial charge in [-0.3, -0.25) is 19.2 Å². The lowest BCUT2D eigenvalue weighted by Gasteiger charge is -2.36. The van der Waals surface area contributed by atoms with Crippen LogP contribution in [0, 0.1) is 0 Å². The average Bonchev–Trinajstić information content (AvgIpc) is 1.01. The van der Waals surface area contributed by atoms with Crippen molar-refractivity contribution >= 4 is 105 Å². The molecule has 0 saturated carbocycles. The lowest BCUT2D eigenvalue weighted by molar-refractivity contribution is -0.149. The molecule has 0 radical (unpaired) electrons. The van der Waals surface area contributed by atoms with Gasteiger partial charge in [0.05, 0.1) is 52.3 Å². The number of ether oxygens (including phenoxy) is 9. The number of carboxylic acid groups (broad SMARTS) is 1. The maximum absolute atomic E-state index is 11.6. The predicted molar refractivity (Wildman–Crippen MR) is 353 cm³/mol. The predicted octanol–water partition coefficient (Wildman–Crippen LogP) is 9.23. The summed E-state index contributed by atoms with van der Waals surface area (Å²) in [6, 6.07) is 0. The van der Waals surface area contributed by atoms with Gasteiger partial charge in [0.25, 0.3) is 20.3 Å². The number of hydrogen-bond acceptors (Lipinski definition) is 25. The molecule has 0 aromatic rings. The Hall–Kier alpha value is -7.23. The zero-order valence-corrected chi connectivity index (χ0v) is 61.0. The molecule has 0 unspecified atom stereocenters. The van der Waals surface area contributed by atoms with Gasteiger partial charge in [-0.1, -0.05) is 87.6 Å². The van der Waals surface area contributed by atoms with Crippen molar-refractivity contribution in [3.05, 3.63) is 88.6 Å². The molecule has 1 N–H and O–H groups in total. The van der Waals surface area contributed by atoms with Crippen molar-refractivity contribution in [1.82, 2.24) is 0 Å². The first kappa shape index (κ1) is 97.4. The van der Waals surface area contributed by atoms with Gasteiger partial charge in [-0.25, -0.2) is 38.4 Å². The van der Waals surface area contributed by atoms with Crippen molar-refractivity contribution in [2.24, 2.45) is 0 Å². The number of hydrogen-bond donors (Lipinski definition) is 1. The minimum atomic E-state index is -2.06. The fraction of sp³-hybridized carbons (Fsp3) is 0.574. The highest BCUT2D eigenvalue weighted by Crippen LogP contribution is 2.37. The number of aliphatic carboxylic acids is 1.